The van der Waals surface area contributed by atoms with Gasteiger partial charge in [-0.2, -0.15) is 4.98 Å². The molecule has 0 fully saturated rings. The first-order chi connectivity index (χ1) is 7.08. The molecule has 3 nitrogen and oxygen atoms in total. The average Bonchev–Trinajstić information content (AvgIpc) is 2.24. The van der Waals surface area contributed by atoms with Gasteiger partial charge in [-0.15, -0.1) is 6.42 Å². The molecule has 0 amide bonds. The Morgan fingerprint density at radius 1 is 1.53 bits per heavy atom. The number of hydrogen-bond acceptors (Lipinski definition) is 3. The average molecular weight is 225 g/mol. The number of aryl methyl sites for hydroxylation is 1. The lowest BCUT2D eigenvalue weighted by atomic mass is 10.3. The zero-order valence-corrected chi connectivity index (χ0v) is 9.80. The van der Waals surface area contributed by atoms with Gasteiger partial charge in [0.05, 0.1) is 0 Å². The lowest BCUT2D eigenvalue weighted by Crippen LogP contribution is -2.12. The highest BCUT2D eigenvalue weighted by molar-refractivity contribution is 6.30. The van der Waals surface area contributed by atoms with Crippen molar-refractivity contribution in [2.45, 2.75) is 33.3 Å². The Morgan fingerprint density at radius 3 is 2.73 bits per heavy atom. The number of terminal acetylenes is 1. The van der Waals surface area contributed by atoms with Crippen molar-refractivity contribution in [1.29, 1.82) is 0 Å². The van der Waals surface area contributed by atoms with E-state index >= 15 is 0 Å². The van der Waals surface area contributed by atoms with Crippen molar-refractivity contribution in [1.82, 2.24) is 9.97 Å². The van der Waals surface area contributed by atoms with Crippen LogP contribution in [0.25, 0.3) is 0 Å². The standard InChI is InChI=1S/C11H13ClN2O/c1-5-7(3)15-11-8(4)10(12)13-9(6-2)14-11/h1,7H,6H2,2-4H3. The maximum Gasteiger partial charge on any atom is 0.222 e. The number of rotatable bonds is 3. The van der Waals surface area contributed by atoms with E-state index in [-0.39, 0.29) is 6.10 Å². The van der Waals surface area contributed by atoms with Crippen LogP contribution in [-0.2, 0) is 6.42 Å². The number of nitrogens with zero attached hydrogens (tertiary/aromatic N) is 2. The van der Waals surface area contributed by atoms with Gasteiger partial charge in [-0.05, 0) is 13.8 Å². The minimum atomic E-state index is -0.320. The normalized spacial score (nSPS) is 11.9. The summed E-state index contributed by atoms with van der Waals surface area (Å²) < 4.78 is 5.45. The van der Waals surface area contributed by atoms with Gasteiger partial charge in [-0.25, -0.2) is 4.98 Å². The minimum Gasteiger partial charge on any atom is -0.461 e. The Kier molecular flexibility index (Phi) is 3.93. The second-order valence-corrected chi connectivity index (χ2v) is 3.50. The van der Waals surface area contributed by atoms with E-state index in [4.69, 9.17) is 22.8 Å². The molecule has 0 aliphatic carbocycles. The van der Waals surface area contributed by atoms with Crippen molar-refractivity contribution in [3.05, 3.63) is 16.5 Å². The first kappa shape index (κ1) is 11.8. The van der Waals surface area contributed by atoms with E-state index in [1.54, 1.807) is 13.8 Å². The molecule has 1 atom stereocenters. The van der Waals surface area contributed by atoms with Crippen LogP contribution in [0.3, 0.4) is 0 Å². The van der Waals surface area contributed by atoms with Gasteiger partial charge in [0.15, 0.2) is 6.10 Å². The van der Waals surface area contributed by atoms with Crippen LogP contribution in [0.4, 0.5) is 0 Å². The van der Waals surface area contributed by atoms with Crippen molar-refractivity contribution >= 4 is 11.6 Å². The van der Waals surface area contributed by atoms with Crippen molar-refractivity contribution in [3.63, 3.8) is 0 Å². The molecule has 0 aromatic carbocycles. The molecule has 0 bridgehead atoms. The van der Waals surface area contributed by atoms with Gasteiger partial charge in [-0.1, -0.05) is 24.4 Å². The Hall–Kier alpha value is -1.27. The van der Waals surface area contributed by atoms with E-state index in [0.717, 1.165) is 5.56 Å². The number of hydrogen-bond donors (Lipinski definition) is 0. The summed E-state index contributed by atoms with van der Waals surface area (Å²) in [6.07, 6.45) is 5.62. The van der Waals surface area contributed by atoms with Crippen molar-refractivity contribution in [2.24, 2.45) is 0 Å². The highest BCUT2D eigenvalue weighted by Crippen LogP contribution is 2.22. The summed E-state index contributed by atoms with van der Waals surface area (Å²) in [6.45, 7) is 5.54. The minimum absolute atomic E-state index is 0.320. The van der Waals surface area contributed by atoms with Crippen molar-refractivity contribution in [3.8, 4) is 18.2 Å². The third-order valence-corrected chi connectivity index (χ3v) is 2.30. The van der Waals surface area contributed by atoms with Crippen LogP contribution in [-0.4, -0.2) is 16.1 Å². The van der Waals surface area contributed by atoms with Crippen molar-refractivity contribution in [2.75, 3.05) is 0 Å². The lowest BCUT2D eigenvalue weighted by molar-refractivity contribution is 0.264. The van der Waals surface area contributed by atoms with E-state index in [1.807, 2.05) is 6.92 Å². The van der Waals surface area contributed by atoms with Crippen LogP contribution in [0.2, 0.25) is 5.15 Å². The van der Waals surface area contributed by atoms with E-state index in [1.165, 1.54) is 0 Å². The van der Waals surface area contributed by atoms with Gasteiger partial charge >= 0.3 is 0 Å². The highest BCUT2D eigenvalue weighted by atomic mass is 35.5. The summed E-state index contributed by atoms with van der Waals surface area (Å²) >= 11 is 5.94. The molecule has 0 aliphatic heterocycles. The van der Waals surface area contributed by atoms with Gasteiger partial charge in [0.2, 0.25) is 5.88 Å². The summed E-state index contributed by atoms with van der Waals surface area (Å²) in [5.74, 6) is 3.60. The van der Waals surface area contributed by atoms with Gasteiger partial charge in [-0.3, -0.25) is 0 Å². The molecule has 1 aromatic rings. The highest BCUT2D eigenvalue weighted by Gasteiger charge is 2.11. The molecule has 0 saturated carbocycles. The maximum atomic E-state index is 5.94. The first-order valence-corrected chi connectivity index (χ1v) is 5.12. The van der Waals surface area contributed by atoms with Crippen LogP contribution in [0, 0.1) is 19.3 Å². The molecule has 1 heterocycles. The van der Waals surface area contributed by atoms with Gasteiger partial charge < -0.3 is 4.74 Å². The van der Waals surface area contributed by atoms with E-state index in [2.05, 4.69) is 15.9 Å². The SMILES string of the molecule is C#CC(C)Oc1nc(CC)nc(Cl)c1C. The third-order valence-electron chi connectivity index (χ3n) is 1.93. The number of aromatic nitrogens is 2. The molecule has 1 unspecified atom stereocenters. The van der Waals surface area contributed by atoms with Crippen LogP contribution in [0.1, 0.15) is 25.2 Å². The zero-order valence-electron chi connectivity index (χ0n) is 9.04. The van der Waals surface area contributed by atoms with E-state index in [0.29, 0.717) is 23.3 Å². The molecule has 1 rings (SSSR count). The molecule has 0 aliphatic rings. The quantitative estimate of drug-likeness (QED) is 0.584. The van der Waals surface area contributed by atoms with Crippen LogP contribution in [0.5, 0.6) is 5.88 Å². The second-order valence-electron chi connectivity index (χ2n) is 3.14. The Balaban J connectivity index is 3.06. The predicted molar refractivity (Wildman–Crippen MR) is 60.1 cm³/mol. The van der Waals surface area contributed by atoms with Gasteiger partial charge in [0.25, 0.3) is 0 Å². The molecule has 0 radical (unpaired) electrons. The van der Waals surface area contributed by atoms with Crippen LogP contribution in [0.15, 0.2) is 0 Å². The van der Waals surface area contributed by atoms with E-state index in [9.17, 15) is 0 Å². The van der Waals surface area contributed by atoms with Crippen LogP contribution < -0.4 is 4.74 Å². The molecule has 0 N–H and O–H groups in total. The topological polar surface area (TPSA) is 35.0 Å². The molecule has 0 saturated heterocycles. The Labute approximate surface area is 94.8 Å². The van der Waals surface area contributed by atoms with E-state index < -0.39 is 0 Å². The number of ether oxygens (including phenoxy) is 1. The first-order valence-electron chi connectivity index (χ1n) is 4.74. The van der Waals surface area contributed by atoms with Crippen LogP contribution >= 0.6 is 11.6 Å². The summed E-state index contributed by atoms with van der Waals surface area (Å²) in [6, 6.07) is 0. The molecule has 0 spiro atoms. The molecule has 4 heteroatoms. The fraction of sp³-hybridized carbons (Fsp3) is 0.455. The fourth-order valence-electron chi connectivity index (χ4n) is 0.986. The van der Waals surface area contributed by atoms with Crippen molar-refractivity contribution < 1.29 is 4.74 Å². The number of halogens is 1. The van der Waals surface area contributed by atoms with Gasteiger partial charge in [0.1, 0.15) is 11.0 Å². The molecular weight excluding hydrogens is 212 g/mol. The Bertz CT molecular complexity index is 398. The third kappa shape index (κ3) is 2.84. The predicted octanol–water partition coefficient (Wildman–Crippen LogP) is 2.40. The smallest absolute Gasteiger partial charge is 0.222 e. The summed E-state index contributed by atoms with van der Waals surface area (Å²) in [5, 5.41) is 0.418. The second kappa shape index (κ2) is 4.99. The largest absolute Gasteiger partial charge is 0.461 e. The summed E-state index contributed by atoms with van der Waals surface area (Å²) in [7, 11) is 0. The van der Waals surface area contributed by atoms with Gasteiger partial charge in [0, 0.05) is 12.0 Å². The monoisotopic (exact) mass is 224 g/mol. The summed E-state index contributed by atoms with van der Waals surface area (Å²) in [4.78, 5) is 8.33. The maximum absolute atomic E-state index is 5.94. The lowest BCUT2D eigenvalue weighted by Gasteiger charge is -2.11. The molecule has 1 aromatic heterocycles. The fourth-order valence-corrected chi connectivity index (χ4v) is 1.16. The molecule has 15 heavy (non-hydrogen) atoms. The Morgan fingerprint density at radius 2 is 2.20 bits per heavy atom. The molecule has 80 valence electrons. The zero-order chi connectivity index (χ0) is 11.4. The summed E-state index contributed by atoms with van der Waals surface area (Å²) in [5.41, 5.74) is 0.718. The molecular formula is C11H13ClN2O.